The number of amides is 2. The highest BCUT2D eigenvalue weighted by molar-refractivity contribution is 8.00. The lowest BCUT2D eigenvalue weighted by atomic mass is 10.3. The van der Waals surface area contributed by atoms with Crippen molar-refractivity contribution in [1.29, 1.82) is 0 Å². The van der Waals surface area contributed by atoms with E-state index in [2.05, 4.69) is 15.0 Å². The van der Waals surface area contributed by atoms with Crippen LogP contribution >= 0.6 is 11.8 Å². The van der Waals surface area contributed by atoms with Crippen LogP contribution < -0.4 is 5.32 Å². The number of aliphatic carboxylic acids is 1. The van der Waals surface area contributed by atoms with Crippen LogP contribution in [0.15, 0.2) is 16.9 Å². The van der Waals surface area contributed by atoms with E-state index in [9.17, 15) is 9.59 Å². The predicted molar refractivity (Wildman–Crippen MR) is 63.9 cm³/mol. The van der Waals surface area contributed by atoms with Gasteiger partial charge in [-0.15, -0.1) is 11.8 Å². The second kappa shape index (κ2) is 5.30. The fourth-order valence-electron chi connectivity index (χ4n) is 1.73. The van der Waals surface area contributed by atoms with E-state index in [4.69, 9.17) is 5.11 Å². The summed E-state index contributed by atoms with van der Waals surface area (Å²) in [5, 5.41) is 15.2. The Morgan fingerprint density at radius 1 is 1.72 bits per heavy atom. The summed E-state index contributed by atoms with van der Waals surface area (Å²) < 4.78 is 4.64. The highest BCUT2D eigenvalue weighted by Gasteiger charge is 2.39. The van der Waals surface area contributed by atoms with Crippen molar-refractivity contribution in [1.82, 2.24) is 15.4 Å². The molecule has 1 saturated heterocycles. The first-order valence-electron chi connectivity index (χ1n) is 5.39. The van der Waals surface area contributed by atoms with Gasteiger partial charge in [-0.1, -0.05) is 5.16 Å². The van der Waals surface area contributed by atoms with Gasteiger partial charge in [0.25, 0.3) is 0 Å². The monoisotopic (exact) mass is 271 g/mol. The third-order valence-corrected chi connectivity index (χ3v) is 3.87. The van der Waals surface area contributed by atoms with Gasteiger partial charge in [-0.05, 0) is 6.92 Å². The van der Waals surface area contributed by atoms with E-state index in [1.54, 1.807) is 6.07 Å². The minimum atomic E-state index is -0.983. The maximum Gasteiger partial charge on any atom is 0.327 e. The van der Waals surface area contributed by atoms with Crippen molar-refractivity contribution < 1.29 is 19.2 Å². The van der Waals surface area contributed by atoms with Crippen molar-refractivity contribution in [2.75, 3.05) is 5.75 Å². The fraction of sp³-hybridized carbons (Fsp3) is 0.500. The van der Waals surface area contributed by atoms with E-state index in [1.807, 2.05) is 6.92 Å². The molecule has 0 saturated carbocycles. The third-order valence-electron chi connectivity index (χ3n) is 2.65. The van der Waals surface area contributed by atoms with Gasteiger partial charge in [-0.25, -0.2) is 9.59 Å². The lowest BCUT2D eigenvalue weighted by molar-refractivity contribution is -0.141. The average molecular weight is 271 g/mol. The molecule has 1 aliphatic rings. The summed E-state index contributed by atoms with van der Waals surface area (Å²) in [6, 6.07) is 0.460. The van der Waals surface area contributed by atoms with Crippen LogP contribution in [0.5, 0.6) is 0 Å². The zero-order valence-electron chi connectivity index (χ0n) is 9.70. The SMILES string of the molecule is CC1SCC(C(=O)O)N1C(=O)NCc1ccon1. The van der Waals surface area contributed by atoms with Crippen LogP contribution in [0.2, 0.25) is 0 Å². The maximum atomic E-state index is 11.9. The number of carboxylic acids is 1. The van der Waals surface area contributed by atoms with Crippen molar-refractivity contribution in [2.24, 2.45) is 0 Å². The Kier molecular flexibility index (Phi) is 3.75. The molecule has 18 heavy (non-hydrogen) atoms. The Morgan fingerprint density at radius 3 is 3.11 bits per heavy atom. The highest BCUT2D eigenvalue weighted by atomic mass is 32.2. The van der Waals surface area contributed by atoms with E-state index in [0.717, 1.165) is 0 Å². The molecule has 2 heterocycles. The van der Waals surface area contributed by atoms with E-state index < -0.39 is 18.0 Å². The molecular weight excluding hydrogens is 258 g/mol. The Labute approximate surface area is 107 Å². The van der Waals surface area contributed by atoms with Crippen molar-refractivity contribution in [3.63, 3.8) is 0 Å². The minimum absolute atomic E-state index is 0.150. The Bertz CT molecular complexity index is 436. The Hall–Kier alpha value is -1.70. The summed E-state index contributed by atoms with van der Waals surface area (Å²) in [5.41, 5.74) is 0.592. The Balaban J connectivity index is 1.96. The summed E-state index contributed by atoms with van der Waals surface area (Å²) in [7, 11) is 0. The number of hydrogen-bond acceptors (Lipinski definition) is 5. The molecule has 1 aliphatic heterocycles. The highest BCUT2D eigenvalue weighted by Crippen LogP contribution is 2.28. The molecule has 0 radical (unpaired) electrons. The number of carbonyl (C=O) groups excluding carboxylic acids is 1. The number of carboxylic acid groups (broad SMARTS) is 1. The van der Waals surface area contributed by atoms with Crippen LogP contribution in [-0.2, 0) is 11.3 Å². The summed E-state index contributed by atoms with van der Waals surface area (Å²) in [6.45, 7) is 2.03. The van der Waals surface area contributed by atoms with Gasteiger partial charge < -0.3 is 14.9 Å². The summed E-state index contributed by atoms with van der Waals surface area (Å²) in [5.74, 6) is -0.572. The lowest BCUT2D eigenvalue weighted by Crippen LogP contribution is -2.49. The van der Waals surface area contributed by atoms with Gasteiger partial charge >= 0.3 is 12.0 Å². The first kappa shape index (κ1) is 12.7. The zero-order valence-corrected chi connectivity index (χ0v) is 10.5. The van der Waals surface area contributed by atoms with Crippen LogP contribution in [0.4, 0.5) is 4.79 Å². The van der Waals surface area contributed by atoms with Crippen molar-refractivity contribution >= 4 is 23.8 Å². The second-order valence-electron chi connectivity index (χ2n) is 3.84. The molecule has 0 spiro atoms. The van der Waals surface area contributed by atoms with E-state index in [0.29, 0.717) is 11.4 Å². The van der Waals surface area contributed by atoms with Crippen LogP contribution in [0, 0.1) is 0 Å². The average Bonchev–Trinajstić information content (AvgIpc) is 2.94. The summed E-state index contributed by atoms with van der Waals surface area (Å²) in [4.78, 5) is 24.3. The van der Waals surface area contributed by atoms with Crippen molar-refractivity contribution in [3.8, 4) is 0 Å². The maximum absolute atomic E-state index is 11.9. The van der Waals surface area contributed by atoms with Gasteiger partial charge in [0.2, 0.25) is 0 Å². The molecule has 1 fully saturated rings. The molecule has 0 aliphatic carbocycles. The predicted octanol–water partition coefficient (Wildman–Crippen LogP) is 0.732. The molecule has 1 aromatic heterocycles. The van der Waals surface area contributed by atoms with E-state index in [-0.39, 0.29) is 11.9 Å². The van der Waals surface area contributed by atoms with Crippen LogP contribution in [-0.4, -0.2) is 44.3 Å². The van der Waals surface area contributed by atoms with Gasteiger partial charge in [-0.3, -0.25) is 4.90 Å². The second-order valence-corrected chi connectivity index (χ2v) is 5.19. The molecule has 0 bridgehead atoms. The molecular formula is C10H13N3O4S. The number of carbonyl (C=O) groups is 2. The van der Waals surface area contributed by atoms with Gasteiger partial charge in [0.05, 0.1) is 11.9 Å². The molecule has 2 unspecified atom stereocenters. The van der Waals surface area contributed by atoms with Crippen molar-refractivity contribution in [2.45, 2.75) is 24.9 Å². The quantitative estimate of drug-likeness (QED) is 0.841. The minimum Gasteiger partial charge on any atom is -0.480 e. The number of hydrogen-bond donors (Lipinski definition) is 2. The first-order chi connectivity index (χ1) is 8.59. The van der Waals surface area contributed by atoms with Gasteiger partial charge in [0.15, 0.2) is 0 Å². The molecule has 2 N–H and O–H groups in total. The zero-order chi connectivity index (χ0) is 13.1. The number of urea groups is 1. The molecule has 1 aromatic rings. The number of nitrogens with one attached hydrogen (secondary N) is 1. The molecule has 2 atom stereocenters. The van der Waals surface area contributed by atoms with Crippen molar-refractivity contribution in [3.05, 3.63) is 18.0 Å². The molecule has 98 valence electrons. The van der Waals surface area contributed by atoms with Gasteiger partial charge in [0, 0.05) is 11.8 Å². The van der Waals surface area contributed by atoms with Gasteiger partial charge in [-0.2, -0.15) is 0 Å². The first-order valence-corrected chi connectivity index (χ1v) is 6.44. The Morgan fingerprint density at radius 2 is 2.50 bits per heavy atom. The van der Waals surface area contributed by atoms with Crippen LogP contribution in [0.1, 0.15) is 12.6 Å². The van der Waals surface area contributed by atoms with E-state index in [1.165, 1.54) is 22.9 Å². The molecule has 8 heteroatoms. The van der Waals surface area contributed by atoms with Crippen LogP contribution in [0.3, 0.4) is 0 Å². The van der Waals surface area contributed by atoms with Crippen LogP contribution in [0.25, 0.3) is 0 Å². The number of aromatic nitrogens is 1. The fourth-order valence-corrected chi connectivity index (χ4v) is 2.89. The lowest BCUT2D eigenvalue weighted by Gasteiger charge is -2.24. The summed E-state index contributed by atoms with van der Waals surface area (Å²) >= 11 is 1.44. The summed E-state index contributed by atoms with van der Waals surface area (Å²) in [6.07, 6.45) is 1.41. The van der Waals surface area contributed by atoms with E-state index >= 15 is 0 Å². The molecule has 2 amide bonds. The smallest absolute Gasteiger partial charge is 0.327 e. The molecule has 7 nitrogen and oxygen atoms in total. The standard InChI is InChI=1S/C10H13N3O4S/c1-6-13(8(5-18-6)9(14)15)10(16)11-4-7-2-3-17-12-7/h2-3,6,8H,4-5H2,1H3,(H,11,16)(H,14,15). The number of nitrogens with zero attached hydrogens (tertiary/aromatic N) is 2. The normalized spacial score (nSPS) is 23.1. The largest absolute Gasteiger partial charge is 0.480 e. The molecule has 2 rings (SSSR count). The molecule has 0 aromatic carbocycles. The number of thioether (sulfide) groups is 1. The number of rotatable bonds is 3. The third kappa shape index (κ3) is 2.58. The topological polar surface area (TPSA) is 95.7 Å². The van der Waals surface area contributed by atoms with Gasteiger partial charge in [0.1, 0.15) is 18.0 Å².